The highest BCUT2D eigenvalue weighted by molar-refractivity contribution is 7.89. The molecule has 8 nitrogen and oxygen atoms in total. The lowest BCUT2D eigenvalue weighted by atomic mass is 9.81. The van der Waals surface area contributed by atoms with Crippen LogP contribution in [0.3, 0.4) is 0 Å². The van der Waals surface area contributed by atoms with Gasteiger partial charge in [-0.25, -0.2) is 22.9 Å². The van der Waals surface area contributed by atoms with Gasteiger partial charge in [0, 0.05) is 7.05 Å². The van der Waals surface area contributed by atoms with E-state index < -0.39 is 21.3 Å². The van der Waals surface area contributed by atoms with Crippen molar-refractivity contribution in [3.8, 4) is 11.8 Å². The summed E-state index contributed by atoms with van der Waals surface area (Å²) in [6, 6.07) is 5.19. The van der Waals surface area contributed by atoms with E-state index in [4.69, 9.17) is 9.88 Å². The van der Waals surface area contributed by atoms with Gasteiger partial charge in [0.05, 0.1) is 22.2 Å². The second kappa shape index (κ2) is 7.20. The van der Waals surface area contributed by atoms with E-state index in [2.05, 4.69) is 15.3 Å². The molecule has 144 valence electrons. The van der Waals surface area contributed by atoms with Crippen LogP contribution in [0.2, 0.25) is 0 Å². The molecule has 1 heterocycles. The second-order valence-corrected chi connectivity index (χ2v) is 7.90. The van der Waals surface area contributed by atoms with E-state index in [1.807, 2.05) is 0 Å². The number of nitrogens with zero attached hydrogens (tertiary/aromatic N) is 2. The first-order valence-electron chi connectivity index (χ1n) is 8.32. The summed E-state index contributed by atoms with van der Waals surface area (Å²) in [5.74, 6) is -0.709. The van der Waals surface area contributed by atoms with Crippen LogP contribution in [0, 0.1) is 5.82 Å². The number of hydrogen-bond donors (Lipinski definition) is 2. The number of ether oxygens (including phenoxy) is 1. The minimum atomic E-state index is -3.82. The first-order chi connectivity index (χ1) is 12.8. The lowest BCUT2D eigenvalue weighted by molar-refractivity contribution is -0.126. The molecular formula is C17H19FN4O4S. The Hall–Kier alpha value is -2.59. The number of nitrogens with one attached hydrogen (secondary N) is 1. The number of halogens is 1. The van der Waals surface area contributed by atoms with Gasteiger partial charge in [0.1, 0.15) is 5.75 Å². The number of benzene rings is 1. The van der Waals surface area contributed by atoms with Gasteiger partial charge in [0.2, 0.25) is 15.9 Å². The van der Waals surface area contributed by atoms with Crippen LogP contribution in [0.15, 0.2) is 35.4 Å². The highest BCUT2D eigenvalue weighted by Crippen LogP contribution is 2.42. The lowest BCUT2D eigenvalue weighted by Gasteiger charge is -2.26. The molecule has 3 N–H and O–H groups in total. The summed E-state index contributed by atoms with van der Waals surface area (Å²) in [5, 5.41) is 7.64. The Balaban J connectivity index is 1.93. The van der Waals surface area contributed by atoms with Crippen LogP contribution in [0.4, 0.5) is 4.39 Å². The van der Waals surface area contributed by atoms with Crippen molar-refractivity contribution in [3.63, 3.8) is 0 Å². The van der Waals surface area contributed by atoms with Crippen molar-refractivity contribution < 1.29 is 22.3 Å². The number of likely N-dealkylation sites (N-methyl/N-ethyl adjacent to an activating group) is 1. The standard InChI is InChI=1S/C17H19FN4O4S/c1-20-15(23)17(8-2-3-9-17)14-13(18)10-21-16(22-14)26-11-4-6-12(7-5-11)27(19,24)25/h4-7,10H,2-3,8-9H2,1H3,(H,20,23)(H2,19,24,25). The fourth-order valence-corrected chi connectivity index (χ4v) is 3.84. The number of aromatic nitrogens is 2. The maximum atomic E-state index is 14.4. The first-order valence-corrected chi connectivity index (χ1v) is 9.87. The Labute approximate surface area is 156 Å². The minimum absolute atomic E-state index is 0.00510. The molecule has 0 unspecified atom stereocenters. The van der Waals surface area contributed by atoms with Crippen molar-refractivity contribution in [2.45, 2.75) is 36.0 Å². The third-order valence-corrected chi connectivity index (χ3v) is 5.58. The quantitative estimate of drug-likeness (QED) is 0.794. The van der Waals surface area contributed by atoms with Gasteiger partial charge >= 0.3 is 6.01 Å². The highest BCUT2D eigenvalue weighted by atomic mass is 32.2. The molecule has 1 amide bonds. The summed E-state index contributed by atoms with van der Waals surface area (Å²) in [4.78, 5) is 20.3. The van der Waals surface area contributed by atoms with Gasteiger partial charge in [-0.3, -0.25) is 4.79 Å². The van der Waals surface area contributed by atoms with Gasteiger partial charge in [-0.15, -0.1) is 0 Å². The van der Waals surface area contributed by atoms with Crippen LogP contribution in [0.25, 0.3) is 0 Å². The van der Waals surface area contributed by atoms with Crippen LogP contribution in [-0.4, -0.2) is 31.3 Å². The second-order valence-electron chi connectivity index (χ2n) is 6.34. The van der Waals surface area contributed by atoms with Crippen molar-refractivity contribution in [1.82, 2.24) is 15.3 Å². The number of amides is 1. The lowest BCUT2D eigenvalue weighted by Crippen LogP contribution is -2.42. The van der Waals surface area contributed by atoms with Crippen LogP contribution in [-0.2, 0) is 20.2 Å². The molecule has 0 aliphatic heterocycles. The molecule has 10 heteroatoms. The maximum absolute atomic E-state index is 14.4. The average molecular weight is 394 g/mol. The van der Waals surface area contributed by atoms with Gasteiger partial charge in [-0.1, -0.05) is 12.8 Å². The van der Waals surface area contributed by atoms with Crippen molar-refractivity contribution in [2.24, 2.45) is 5.14 Å². The van der Waals surface area contributed by atoms with Gasteiger partial charge in [-0.2, -0.15) is 4.98 Å². The van der Waals surface area contributed by atoms with E-state index in [1.165, 1.54) is 31.3 Å². The first kappa shape index (κ1) is 19.2. The van der Waals surface area contributed by atoms with Gasteiger partial charge in [-0.05, 0) is 37.1 Å². The molecule has 2 aromatic rings. The molecular weight excluding hydrogens is 375 g/mol. The molecule has 1 aromatic heterocycles. The molecule has 27 heavy (non-hydrogen) atoms. The van der Waals surface area contributed by atoms with E-state index in [0.717, 1.165) is 19.0 Å². The number of carbonyl (C=O) groups excluding carboxylic acids is 1. The van der Waals surface area contributed by atoms with Crippen LogP contribution >= 0.6 is 0 Å². The Kier molecular flexibility index (Phi) is 5.11. The Morgan fingerprint density at radius 1 is 1.26 bits per heavy atom. The van der Waals surface area contributed by atoms with Gasteiger partial charge in [0.15, 0.2) is 5.82 Å². The van der Waals surface area contributed by atoms with E-state index in [-0.39, 0.29) is 28.3 Å². The normalized spacial score (nSPS) is 16.1. The molecule has 1 aliphatic rings. The molecule has 3 rings (SSSR count). The van der Waals surface area contributed by atoms with E-state index in [0.29, 0.717) is 12.8 Å². The third kappa shape index (κ3) is 3.76. The number of rotatable bonds is 5. The number of primary sulfonamides is 1. The summed E-state index contributed by atoms with van der Waals surface area (Å²) >= 11 is 0. The summed E-state index contributed by atoms with van der Waals surface area (Å²) in [6.07, 6.45) is 3.54. The number of sulfonamides is 1. The van der Waals surface area contributed by atoms with Gasteiger partial charge < -0.3 is 10.1 Å². The molecule has 0 spiro atoms. The number of nitrogens with two attached hydrogens (primary N) is 1. The summed E-state index contributed by atoms with van der Waals surface area (Å²) < 4.78 is 42.5. The van der Waals surface area contributed by atoms with Crippen molar-refractivity contribution in [2.75, 3.05) is 7.05 Å². The van der Waals surface area contributed by atoms with Gasteiger partial charge in [0.25, 0.3) is 0 Å². The highest BCUT2D eigenvalue weighted by Gasteiger charge is 2.45. The van der Waals surface area contributed by atoms with E-state index in [1.54, 1.807) is 0 Å². The van der Waals surface area contributed by atoms with Crippen LogP contribution < -0.4 is 15.2 Å². The maximum Gasteiger partial charge on any atom is 0.322 e. The van der Waals surface area contributed by atoms with E-state index in [9.17, 15) is 17.6 Å². The smallest absolute Gasteiger partial charge is 0.322 e. The predicted octanol–water partition coefficient (Wildman–Crippen LogP) is 1.61. The molecule has 1 aromatic carbocycles. The molecule has 1 fully saturated rings. The molecule has 1 aliphatic carbocycles. The molecule has 0 bridgehead atoms. The SMILES string of the molecule is CNC(=O)C1(c2nc(Oc3ccc(S(N)(=O)=O)cc3)ncc2F)CCCC1. The zero-order valence-corrected chi connectivity index (χ0v) is 15.4. The minimum Gasteiger partial charge on any atom is -0.424 e. The molecule has 0 radical (unpaired) electrons. The Bertz CT molecular complexity index is 957. The average Bonchev–Trinajstić information content (AvgIpc) is 3.13. The predicted molar refractivity (Wildman–Crippen MR) is 94.1 cm³/mol. The fraction of sp³-hybridized carbons (Fsp3) is 0.353. The number of hydrogen-bond acceptors (Lipinski definition) is 6. The van der Waals surface area contributed by atoms with Crippen molar-refractivity contribution >= 4 is 15.9 Å². The Morgan fingerprint density at radius 2 is 1.89 bits per heavy atom. The monoisotopic (exact) mass is 394 g/mol. The summed E-state index contributed by atoms with van der Waals surface area (Å²) in [7, 11) is -2.31. The summed E-state index contributed by atoms with van der Waals surface area (Å²) in [6.45, 7) is 0. The summed E-state index contributed by atoms with van der Waals surface area (Å²) in [5.41, 5.74) is -1.04. The molecule has 1 saturated carbocycles. The topological polar surface area (TPSA) is 124 Å². The van der Waals surface area contributed by atoms with Crippen molar-refractivity contribution in [1.29, 1.82) is 0 Å². The molecule has 0 saturated heterocycles. The van der Waals surface area contributed by atoms with Crippen molar-refractivity contribution in [3.05, 3.63) is 42.0 Å². The van der Waals surface area contributed by atoms with E-state index >= 15 is 0 Å². The zero-order valence-electron chi connectivity index (χ0n) is 14.6. The van der Waals surface area contributed by atoms with Crippen LogP contribution in [0.5, 0.6) is 11.8 Å². The number of carbonyl (C=O) groups is 1. The third-order valence-electron chi connectivity index (χ3n) is 4.66. The zero-order chi connectivity index (χ0) is 19.7. The fourth-order valence-electron chi connectivity index (χ4n) is 3.33. The van der Waals surface area contributed by atoms with Crippen LogP contribution in [0.1, 0.15) is 31.4 Å². The Morgan fingerprint density at radius 3 is 2.44 bits per heavy atom. The largest absolute Gasteiger partial charge is 0.424 e. The molecule has 0 atom stereocenters.